The molecule has 1 fully saturated rings. The minimum Gasteiger partial charge on any atom is -0.409 e. The first kappa shape index (κ1) is 16.0. The van der Waals surface area contributed by atoms with Gasteiger partial charge in [0.1, 0.15) is 5.92 Å². The van der Waals surface area contributed by atoms with Gasteiger partial charge in [0, 0.05) is 19.6 Å². The van der Waals surface area contributed by atoms with Crippen LogP contribution in [0.5, 0.6) is 0 Å². The number of alkyl halides is 3. The molecule has 1 aliphatic heterocycles. The largest absolute Gasteiger partial charge is 0.409 e. The maximum atomic E-state index is 12.8. The predicted octanol–water partition coefficient (Wildman–Crippen LogP) is -0.00710. The summed E-state index contributed by atoms with van der Waals surface area (Å²) in [5, 5.41) is 19.9. The monoisotopic (exact) mass is 285 g/mol. The normalized spacial score (nSPS) is 28.4. The fraction of sp³-hybridized carbons (Fsp3) is 0.900. The van der Waals surface area contributed by atoms with Crippen LogP contribution in [0, 0.1) is 5.92 Å². The molecular formula is C10H18F3N3O3. The van der Waals surface area contributed by atoms with Crippen LogP contribution in [0.1, 0.15) is 6.92 Å². The van der Waals surface area contributed by atoms with Gasteiger partial charge in [-0.05, 0) is 6.92 Å². The average molecular weight is 285 g/mol. The van der Waals surface area contributed by atoms with E-state index in [1.165, 1.54) is 4.90 Å². The number of ether oxygens (including phenoxy) is 1. The van der Waals surface area contributed by atoms with E-state index in [9.17, 15) is 13.2 Å². The minimum absolute atomic E-state index is 0.173. The Labute approximate surface area is 108 Å². The SMILES string of the molecule is CC1CN(CC(C(N)=NO)C(F)(F)F)CC(CO)O1. The molecule has 3 unspecified atom stereocenters. The first-order chi connectivity index (χ1) is 8.77. The van der Waals surface area contributed by atoms with Gasteiger partial charge in [-0.15, -0.1) is 0 Å². The van der Waals surface area contributed by atoms with Crippen molar-refractivity contribution in [1.82, 2.24) is 4.90 Å². The number of aliphatic hydroxyl groups excluding tert-OH is 1. The van der Waals surface area contributed by atoms with Crippen LogP contribution in [0.2, 0.25) is 0 Å². The Bertz CT molecular complexity index is 325. The van der Waals surface area contributed by atoms with Gasteiger partial charge in [-0.2, -0.15) is 13.2 Å². The average Bonchev–Trinajstić information content (AvgIpc) is 2.33. The minimum atomic E-state index is -4.59. The number of nitrogens with two attached hydrogens (primary N) is 1. The molecule has 19 heavy (non-hydrogen) atoms. The van der Waals surface area contributed by atoms with Gasteiger partial charge in [-0.25, -0.2) is 0 Å². The highest BCUT2D eigenvalue weighted by Crippen LogP contribution is 2.28. The fourth-order valence-corrected chi connectivity index (χ4v) is 2.08. The zero-order valence-electron chi connectivity index (χ0n) is 10.5. The summed E-state index contributed by atoms with van der Waals surface area (Å²) in [6.45, 7) is 1.49. The van der Waals surface area contributed by atoms with Crippen molar-refractivity contribution in [2.45, 2.75) is 25.3 Å². The number of halogens is 3. The van der Waals surface area contributed by atoms with Gasteiger partial charge < -0.3 is 20.8 Å². The molecule has 0 spiro atoms. The third-order valence-corrected chi connectivity index (χ3v) is 2.91. The number of amidine groups is 1. The van der Waals surface area contributed by atoms with Gasteiger partial charge in [0.2, 0.25) is 0 Å². The van der Waals surface area contributed by atoms with Crippen molar-refractivity contribution < 1.29 is 28.2 Å². The summed E-state index contributed by atoms with van der Waals surface area (Å²) in [6.07, 6.45) is -5.40. The molecule has 3 atom stereocenters. The highest BCUT2D eigenvalue weighted by Gasteiger charge is 2.44. The third-order valence-electron chi connectivity index (χ3n) is 2.91. The van der Waals surface area contributed by atoms with Crippen LogP contribution in [-0.2, 0) is 4.74 Å². The Balaban J connectivity index is 2.73. The Kier molecular flexibility index (Phi) is 5.39. The van der Waals surface area contributed by atoms with Crippen LogP contribution in [-0.4, -0.2) is 65.7 Å². The number of oxime groups is 1. The van der Waals surface area contributed by atoms with Crippen molar-refractivity contribution in [1.29, 1.82) is 0 Å². The van der Waals surface area contributed by atoms with Crippen LogP contribution in [0.4, 0.5) is 13.2 Å². The van der Waals surface area contributed by atoms with Crippen LogP contribution in [0.3, 0.4) is 0 Å². The van der Waals surface area contributed by atoms with Gasteiger partial charge >= 0.3 is 6.18 Å². The van der Waals surface area contributed by atoms with Crippen molar-refractivity contribution in [2.24, 2.45) is 16.8 Å². The van der Waals surface area contributed by atoms with E-state index in [4.69, 9.17) is 20.8 Å². The van der Waals surface area contributed by atoms with Gasteiger partial charge in [0.05, 0.1) is 18.8 Å². The van der Waals surface area contributed by atoms with Crippen molar-refractivity contribution in [3.05, 3.63) is 0 Å². The predicted molar refractivity (Wildman–Crippen MR) is 60.8 cm³/mol. The Morgan fingerprint density at radius 1 is 1.53 bits per heavy atom. The molecule has 0 aromatic rings. The van der Waals surface area contributed by atoms with Crippen molar-refractivity contribution in [3.8, 4) is 0 Å². The molecule has 1 saturated heterocycles. The number of nitrogens with zero attached hydrogens (tertiary/aromatic N) is 2. The van der Waals surface area contributed by atoms with E-state index >= 15 is 0 Å². The Morgan fingerprint density at radius 2 is 2.16 bits per heavy atom. The third kappa shape index (κ3) is 4.51. The molecule has 0 aliphatic carbocycles. The molecule has 1 aliphatic rings. The second-order valence-corrected chi connectivity index (χ2v) is 4.59. The summed E-state index contributed by atoms with van der Waals surface area (Å²) >= 11 is 0. The summed E-state index contributed by atoms with van der Waals surface area (Å²) in [4.78, 5) is 1.49. The van der Waals surface area contributed by atoms with E-state index in [2.05, 4.69) is 5.16 Å². The summed E-state index contributed by atoms with van der Waals surface area (Å²) in [7, 11) is 0. The Morgan fingerprint density at radius 3 is 2.63 bits per heavy atom. The van der Waals surface area contributed by atoms with Gasteiger partial charge in [0.15, 0.2) is 5.84 Å². The zero-order valence-corrected chi connectivity index (χ0v) is 10.5. The van der Waals surface area contributed by atoms with Gasteiger partial charge in [0.25, 0.3) is 0 Å². The van der Waals surface area contributed by atoms with Crippen LogP contribution < -0.4 is 5.73 Å². The van der Waals surface area contributed by atoms with Crippen LogP contribution in [0.15, 0.2) is 5.16 Å². The molecular weight excluding hydrogens is 267 g/mol. The van der Waals surface area contributed by atoms with Gasteiger partial charge in [-0.1, -0.05) is 5.16 Å². The molecule has 1 heterocycles. The number of morpholine rings is 1. The number of hydrogen-bond acceptors (Lipinski definition) is 5. The highest BCUT2D eigenvalue weighted by molar-refractivity contribution is 5.83. The molecule has 0 saturated carbocycles. The fourth-order valence-electron chi connectivity index (χ4n) is 2.08. The topological polar surface area (TPSA) is 91.3 Å². The van der Waals surface area contributed by atoms with E-state index in [-0.39, 0.29) is 19.3 Å². The maximum Gasteiger partial charge on any atom is 0.400 e. The molecule has 0 aromatic heterocycles. The summed E-state index contributed by atoms with van der Waals surface area (Å²) in [5.74, 6) is -2.91. The molecule has 4 N–H and O–H groups in total. The summed E-state index contributed by atoms with van der Waals surface area (Å²) in [5.41, 5.74) is 5.10. The van der Waals surface area contributed by atoms with E-state index < -0.39 is 30.6 Å². The zero-order chi connectivity index (χ0) is 14.6. The number of aliphatic hydroxyl groups is 1. The lowest BCUT2D eigenvalue weighted by Crippen LogP contribution is -2.52. The van der Waals surface area contributed by atoms with E-state index in [1.807, 2.05) is 0 Å². The van der Waals surface area contributed by atoms with Crippen LogP contribution in [0.25, 0.3) is 0 Å². The number of rotatable bonds is 4. The van der Waals surface area contributed by atoms with E-state index in [1.54, 1.807) is 6.92 Å². The second kappa shape index (κ2) is 6.40. The summed E-state index contributed by atoms with van der Waals surface area (Å²) < 4.78 is 43.8. The maximum absolute atomic E-state index is 12.8. The van der Waals surface area contributed by atoms with Crippen molar-refractivity contribution in [3.63, 3.8) is 0 Å². The number of hydrogen-bond donors (Lipinski definition) is 3. The van der Waals surface area contributed by atoms with E-state index in [0.29, 0.717) is 6.54 Å². The summed E-state index contributed by atoms with van der Waals surface area (Å²) in [6, 6.07) is 0. The lowest BCUT2D eigenvalue weighted by Gasteiger charge is -2.37. The van der Waals surface area contributed by atoms with Crippen LogP contribution >= 0.6 is 0 Å². The molecule has 0 radical (unpaired) electrons. The molecule has 0 bridgehead atoms. The highest BCUT2D eigenvalue weighted by atomic mass is 19.4. The lowest BCUT2D eigenvalue weighted by atomic mass is 10.1. The molecule has 6 nitrogen and oxygen atoms in total. The molecule has 112 valence electrons. The molecule has 1 rings (SSSR count). The first-order valence-electron chi connectivity index (χ1n) is 5.80. The van der Waals surface area contributed by atoms with Crippen molar-refractivity contribution in [2.75, 3.05) is 26.2 Å². The second-order valence-electron chi connectivity index (χ2n) is 4.59. The first-order valence-corrected chi connectivity index (χ1v) is 5.80. The Hall–Kier alpha value is -1.06. The molecule has 0 amide bonds. The molecule has 9 heteroatoms. The van der Waals surface area contributed by atoms with Gasteiger partial charge in [-0.3, -0.25) is 4.90 Å². The standard InChI is InChI=1S/C10H18F3N3O3/c1-6-2-16(3-7(5-17)19-6)4-8(9(14)15-18)10(11,12)13/h6-8,17-18H,2-5H2,1H3,(H2,14,15). The lowest BCUT2D eigenvalue weighted by molar-refractivity contribution is -0.168. The quantitative estimate of drug-likeness (QED) is 0.292. The smallest absolute Gasteiger partial charge is 0.400 e. The molecule has 0 aromatic carbocycles. The van der Waals surface area contributed by atoms with E-state index in [0.717, 1.165) is 0 Å². The van der Waals surface area contributed by atoms with Crippen molar-refractivity contribution >= 4 is 5.84 Å².